The van der Waals surface area contributed by atoms with E-state index >= 15 is 0 Å². The van der Waals surface area contributed by atoms with Gasteiger partial charge in [0.05, 0.1) is 44.3 Å². The van der Waals surface area contributed by atoms with Gasteiger partial charge in [-0.25, -0.2) is 19.2 Å². The molecule has 6 aromatic carbocycles. The second-order valence-electron chi connectivity index (χ2n) is 42.6. The topological polar surface area (TPSA) is 447 Å². The molecular formula is C102H125N17O19. The molecule has 6 unspecified atom stereocenters. The highest BCUT2D eigenvalue weighted by Crippen LogP contribution is 2.40. The number of imidazole rings is 4. The molecular weight excluding hydrogens is 1770 g/mol. The summed E-state index contributed by atoms with van der Waals surface area (Å²) in [4.78, 5) is 221. The van der Waals surface area contributed by atoms with Crippen molar-refractivity contribution in [2.45, 2.75) is 285 Å². The zero-order valence-corrected chi connectivity index (χ0v) is 82.3. The lowest BCUT2D eigenvalue weighted by molar-refractivity contribution is -0.138. The number of fused-ring (bicyclic) bond motifs is 6. The molecule has 8 aliphatic rings. The number of para-hydroxylation sites is 5. The number of ether oxygens (including phenoxy) is 1. The Balaban J connectivity index is 0.000000140. The number of carbonyl (C=O) groups is 14. The predicted molar refractivity (Wildman–Crippen MR) is 518 cm³/mol. The lowest BCUT2D eigenvalue weighted by Gasteiger charge is -2.29. The molecule has 7 N–H and O–H groups in total. The maximum Gasteiger partial charge on any atom is 0.330 e. The zero-order valence-electron chi connectivity index (χ0n) is 82.3. The summed E-state index contributed by atoms with van der Waals surface area (Å²) in [6.07, 6.45) is 4.50. The number of nitrogens with zero attached hydrogens (tertiary/aromatic N) is 10. The highest BCUT2D eigenvalue weighted by molar-refractivity contribution is 6.08. The van der Waals surface area contributed by atoms with Gasteiger partial charge in [0, 0.05) is 95.0 Å². The third-order valence-electron chi connectivity index (χ3n) is 25.3. The van der Waals surface area contributed by atoms with E-state index < -0.39 is 71.0 Å². The summed E-state index contributed by atoms with van der Waals surface area (Å²) in [5.41, 5.74) is 11.1. The predicted octanol–water partition coefficient (Wildman–Crippen LogP) is 9.96. The van der Waals surface area contributed by atoms with Crippen molar-refractivity contribution in [2.75, 3.05) is 5.32 Å². The number of imide groups is 6. The summed E-state index contributed by atoms with van der Waals surface area (Å²) < 4.78 is 18.3. The van der Waals surface area contributed by atoms with Crippen molar-refractivity contribution in [1.29, 1.82) is 0 Å². The van der Waals surface area contributed by atoms with Crippen molar-refractivity contribution in [3.05, 3.63) is 196 Å². The number of anilines is 1. The molecule has 0 aliphatic carbocycles. The minimum Gasteiger partial charge on any atom is -0.486 e. The molecule has 12 heterocycles. The fourth-order valence-electron chi connectivity index (χ4n) is 19.0. The van der Waals surface area contributed by atoms with Crippen molar-refractivity contribution in [2.24, 2.45) is 26.6 Å². The smallest absolute Gasteiger partial charge is 0.330 e. The van der Waals surface area contributed by atoms with Crippen LogP contribution in [0.2, 0.25) is 0 Å². The molecule has 36 heteroatoms. The summed E-state index contributed by atoms with van der Waals surface area (Å²) in [5, 5.41) is 17.3. The molecule has 0 bridgehead atoms. The molecule has 0 saturated carbocycles. The van der Waals surface area contributed by atoms with Crippen LogP contribution in [0.4, 0.5) is 5.69 Å². The summed E-state index contributed by atoms with van der Waals surface area (Å²) in [7, 11) is 5.09. The van der Waals surface area contributed by atoms with E-state index in [0.717, 1.165) is 73.1 Å². The van der Waals surface area contributed by atoms with Gasteiger partial charge in [0.15, 0.2) is 0 Å². The van der Waals surface area contributed by atoms with Gasteiger partial charge >= 0.3 is 22.8 Å². The van der Waals surface area contributed by atoms with Crippen LogP contribution < -0.4 is 64.7 Å². The SMILES string of the molecule is CC(C)(C)c1ccc2c(c1)C(=O)N(C1CCC(=O)NC1=O)C2.CC(C)(C)c1cccc2c1C(=O)N(C1CCC(=O)NC1=O)C2.CC(C)(C)n1c(=O)n(C2CCC(=O)NC2=O)c2ccccc21.Cn1c(=O)n(C2CCC(=O)NC2=O)c2cccc(CC(C)(C)C)c21.Cn1c(=O)n(C2CCC(=O)NC2=O)c2cccc(NC(C)(C)C)c21.Cn1c(=O)n(C2CCC(=O)NC2=O)c2cccc(OC(C)(C)C)c21. The van der Waals surface area contributed by atoms with E-state index in [-0.39, 0.29) is 142 Å². The third-order valence-corrected chi connectivity index (χ3v) is 25.3. The molecule has 6 fully saturated rings. The maximum absolute atomic E-state index is 12.9. The second-order valence-corrected chi connectivity index (χ2v) is 42.6. The minimum atomic E-state index is -0.691. The Morgan fingerprint density at radius 3 is 1.14 bits per heavy atom. The molecule has 8 aliphatic heterocycles. The van der Waals surface area contributed by atoms with E-state index in [1.165, 1.54) is 22.8 Å². The zero-order chi connectivity index (χ0) is 101. The molecule has 4 aromatic heterocycles. The Labute approximate surface area is 797 Å². The Morgan fingerprint density at radius 2 is 0.725 bits per heavy atom. The average molecular weight is 1890 g/mol. The largest absolute Gasteiger partial charge is 0.486 e. The summed E-state index contributed by atoms with van der Waals surface area (Å²) in [5.74, 6) is -3.72. The van der Waals surface area contributed by atoms with Crippen LogP contribution in [0.3, 0.4) is 0 Å². The number of piperidine rings is 6. The first-order valence-electron chi connectivity index (χ1n) is 46.6. The number of aryl methyl sites for hydroxylation is 3. The van der Waals surface area contributed by atoms with Crippen LogP contribution in [0.1, 0.15) is 274 Å². The Morgan fingerprint density at radius 1 is 0.355 bits per heavy atom. The highest BCUT2D eigenvalue weighted by atomic mass is 16.5. The van der Waals surface area contributed by atoms with E-state index in [2.05, 4.69) is 99.5 Å². The number of hydrogen-bond donors (Lipinski definition) is 7. The summed E-state index contributed by atoms with van der Waals surface area (Å²) in [6, 6.07) is 32.3. The number of carbonyl (C=O) groups excluding carboxylic acids is 14. The van der Waals surface area contributed by atoms with Crippen LogP contribution in [-0.2, 0) is 115 Å². The van der Waals surface area contributed by atoms with E-state index in [0.29, 0.717) is 79.5 Å². The lowest BCUT2D eigenvalue weighted by atomic mass is 9.82. The van der Waals surface area contributed by atoms with Gasteiger partial charge in [0.25, 0.3) is 11.8 Å². The van der Waals surface area contributed by atoms with Crippen LogP contribution in [0, 0.1) is 5.41 Å². The quantitative estimate of drug-likeness (QED) is 0.0660. The van der Waals surface area contributed by atoms with Crippen molar-refractivity contribution >= 4 is 133 Å². The van der Waals surface area contributed by atoms with Crippen molar-refractivity contribution in [1.82, 2.24) is 78.2 Å². The Hall–Kier alpha value is -14.2. The second kappa shape index (κ2) is 38.7. The van der Waals surface area contributed by atoms with Crippen molar-refractivity contribution < 1.29 is 71.9 Å². The van der Waals surface area contributed by atoms with Crippen molar-refractivity contribution in [3.8, 4) is 5.75 Å². The number of hydrogen-bond acceptors (Lipinski definition) is 20. The summed E-state index contributed by atoms with van der Waals surface area (Å²) >= 11 is 0. The number of aromatic nitrogens is 8. The van der Waals surface area contributed by atoms with E-state index in [1.54, 1.807) is 56.8 Å². The molecule has 6 atom stereocenters. The molecule has 14 amide bonds. The van der Waals surface area contributed by atoms with Gasteiger partial charge in [-0.15, -0.1) is 0 Å². The van der Waals surface area contributed by atoms with Crippen LogP contribution in [0.25, 0.3) is 44.1 Å². The molecule has 0 spiro atoms. The third kappa shape index (κ3) is 21.3. The van der Waals surface area contributed by atoms with Crippen LogP contribution in [0.5, 0.6) is 5.75 Å². The van der Waals surface area contributed by atoms with Gasteiger partial charge in [0.2, 0.25) is 70.9 Å². The van der Waals surface area contributed by atoms with Gasteiger partial charge in [-0.2, -0.15) is 0 Å². The number of rotatable bonds is 9. The summed E-state index contributed by atoms with van der Waals surface area (Å²) in [6.45, 7) is 37.6. The van der Waals surface area contributed by atoms with E-state index in [9.17, 15) is 86.3 Å². The minimum absolute atomic E-state index is 0.0304. The number of nitrogens with one attached hydrogen (secondary N) is 7. The fraction of sp³-hybridized carbons (Fsp3) is 0.471. The Bertz CT molecular complexity index is 6580. The average Bonchev–Trinajstić information content (AvgIpc) is 1.58. The van der Waals surface area contributed by atoms with Gasteiger partial charge in [-0.3, -0.25) is 136 Å². The van der Waals surface area contributed by atoms with Crippen molar-refractivity contribution in [3.63, 3.8) is 0 Å². The van der Waals surface area contributed by atoms with Crippen LogP contribution >= 0.6 is 0 Å². The van der Waals surface area contributed by atoms with Gasteiger partial charge in [-0.1, -0.05) is 129 Å². The normalized spacial score (nSPS) is 19.9. The van der Waals surface area contributed by atoms with Gasteiger partial charge in [0.1, 0.15) is 53.1 Å². The first kappa shape index (κ1) is 101. The molecule has 0 radical (unpaired) electrons. The van der Waals surface area contributed by atoms with Crippen LogP contribution in [-0.4, -0.2) is 152 Å². The maximum atomic E-state index is 12.9. The lowest BCUT2D eigenvalue weighted by Crippen LogP contribution is -2.52. The van der Waals surface area contributed by atoms with E-state index in [1.807, 2.05) is 165 Å². The molecule has 138 heavy (non-hydrogen) atoms. The Kier molecular flexibility index (Phi) is 28.4. The van der Waals surface area contributed by atoms with Gasteiger partial charge in [-0.05, 0) is 200 Å². The standard InChI is InChI=1S/C18H23N3O3.C17H22N4O3.C17H21N3O4.2C17H20N2O3.C16H19N3O3/c1-18(2,3)10-11-6-5-7-12-15(11)20(4)17(24)21(12)13-8-9-14(22)19-16(13)23;1-17(2,3)19-10-6-5-7-11-14(10)20(4)16(24)21(11)12-8-9-13(22)18-15(12)23;1-17(2,3)24-12-7-5-6-10-14(12)19(4)16(23)20(10)11-8-9-13(21)18-15(11)22;1-17(2,3)11-5-4-10-9-19(16(22)12(10)8-11)13-6-7-14(20)18-15(13)21;1-17(2,3)11-6-4-5-10-9-19(16(22)14(10)11)12-7-8-13(20)18-15(12)21;1-16(2,3)19-11-7-5-4-6-10(11)18(15(19)22)12-8-9-13(20)17-14(12)21/h5-7,13H,8-10H2,1-4H3,(H,19,22,23);5-7,12,19H,8-9H2,1-4H3,(H,18,22,23);5-7,11H,8-9H2,1-4H3,(H,18,21,22);4-5,8,13H,6-7,9H2,1-3H3,(H,18,20,21);4-6,12H,7-9H2,1-3H3,(H,18,20,21);4-7,12H,8-9H2,1-3H3,(H,17,20,21). The molecule has 6 saturated heterocycles. The van der Waals surface area contributed by atoms with E-state index in [4.69, 9.17) is 4.74 Å². The first-order valence-corrected chi connectivity index (χ1v) is 46.6. The molecule has 732 valence electrons. The first-order chi connectivity index (χ1) is 64.4. The fourth-order valence-corrected chi connectivity index (χ4v) is 19.0. The number of amides is 14. The van der Waals surface area contributed by atoms with Crippen LogP contribution in [0.15, 0.2) is 134 Å². The highest BCUT2D eigenvalue weighted by Gasteiger charge is 2.45. The number of benzene rings is 6. The van der Waals surface area contributed by atoms with Gasteiger partial charge < -0.3 is 19.9 Å². The molecule has 36 nitrogen and oxygen atoms in total. The molecule has 18 rings (SSSR count). The monoisotopic (exact) mass is 1890 g/mol. The molecule has 10 aromatic rings.